The Hall–Kier alpha value is -4.79. The third-order valence-electron chi connectivity index (χ3n) is 7.28. The topological polar surface area (TPSA) is 104 Å². The molecule has 9 nitrogen and oxygen atoms in total. The van der Waals surface area contributed by atoms with E-state index in [-0.39, 0.29) is 24.0 Å². The second-order valence-electron chi connectivity index (χ2n) is 10.2. The predicted octanol–water partition coefficient (Wildman–Crippen LogP) is 3.98. The zero-order valence-electron chi connectivity index (χ0n) is 22.8. The van der Waals surface area contributed by atoms with Crippen molar-refractivity contribution in [3.05, 3.63) is 95.2 Å². The van der Waals surface area contributed by atoms with E-state index in [0.29, 0.717) is 30.9 Å². The van der Waals surface area contributed by atoms with Gasteiger partial charge in [-0.25, -0.2) is 0 Å². The maximum atomic E-state index is 13.6. The summed E-state index contributed by atoms with van der Waals surface area (Å²) in [5.74, 6) is -0.613. The van der Waals surface area contributed by atoms with E-state index in [9.17, 15) is 19.5 Å². The fourth-order valence-corrected chi connectivity index (χ4v) is 5.14. The molecule has 0 bridgehead atoms. The summed E-state index contributed by atoms with van der Waals surface area (Å²) in [6.07, 6.45) is -0.0827. The highest BCUT2D eigenvalue weighted by Gasteiger charge is 2.30. The van der Waals surface area contributed by atoms with E-state index in [1.54, 1.807) is 54.2 Å². The number of ether oxygens (including phenoxy) is 1. The number of methoxy groups -OCH3 is 1. The zero-order valence-corrected chi connectivity index (χ0v) is 22.8. The summed E-state index contributed by atoms with van der Waals surface area (Å²) in [4.78, 5) is 41.4. The molecule has 0 aliphatic carbocycles. The Morgan fingerprint density at radius 3 is 2.58 bits per heavy atom. The van der Waals surface area contributed by atoms with Crippen molar-refractivity contribution in [3.63, 3.8) is 0 Å². The van der Waals surface area contributed by atoms with Crippen molar-refractivity contribution < 1.29 is 24.2 Å². The molecule has 1 atom stereocenters. The summed E-state index contributed by atoms with van der Waals surface area (Å²) in [6.45, 7) is 1.30. The van der Waals surface area contributed by atoms with Crippen molar-refractivity contribution in [2.45, 2.75) is 32.1 Å². The molecule has 1 aliphatic rings. The van der Waals surface area contributed by atoms with Crippen LogP contribution in [-0.4, -0.2) is 64.5 Å². The van der Waals surface area contributed by atoms with Gasteiger partial charge in [0.1, 0.15) is 11.8 Å². The maximum absolute atomic E-state index is 13.6. The molecular formula is C31H32N4O5. The van der Waals surface area contributed by atoms with Gasteiger partial charge in [0.2, 0.25) is 5.91 Å². The number of aromatic hydroxyl groups is 1. The molecule has 5 rings (SSSR count). The summed E-state index contributed by atoms with van der Waals surface area (Å²) >= 11 is 0. The number of benzene rings is 3. The Labute approximate surface area is 232 Å². The fraction of sp³-hybridized carbons (Fsp3) is 0.258. The molecule has 4 aromatic rings. The van der Waals surface area contributed by atoms with Gasteiger partial charge in [0, 0.05) is 49.6 Å². The lowest BCUT2D eigenvalue weighted by atomic mass is 10.1. The second kappa shape index (κ2) is 11.1. The van der Waals surface area contributed by atoms with Crippen LogP contribution in [0.25, 0.3) is 10.9 Å². The average Bonchev–Trinajstić information content (AvgIpc) is 3.24. The third kappa shape index (κ3) is 5.49. The van der Waals surface area contributed by atoms with Crippen LogP contribution in [0.15, 0.2) is 72.8 Å². The van der Waals surface area contributed by atoms with Crippen LogP contribution >= 0.6 is 0 Å². The van der Waals surface area contributed by atoms with Crippen molar-refractivity contribution in [3.8, 4) is 5.75 Å². The third-order valence-corrected chi connectivity index (χ3v) is 7.28. The van der Waals surface area contributed by atoms with E-state index in [4.69, 9.17) is 4.74 Å². The number of nitrogens with zero attached hydrogens (tertiary/aromatic N) is 3. The standard InChI is InChI=1S/C31H32N4O5/c1-33-18-23-14-22(10-13-26(23)32-27(31(33)39)16-29(37)40-3)30(38)34(2)19-24-15-21-6-4-5-7-28(21)35(24)17-20-8-11-25(36)12-9-20/h4-15,27,32,36H,16-19H2,1-3H3/t27-/m1/s1. The van der Waals surface area contributed by atoms with Gasteiger partial charge >= 0.3 is 5.97 Å². The van der Waals surface area contributed by atoms with Crippen molar-refractivity contribution >= 4 is 34.4 Å². The molecule has 0 fully saturated rings. The number of amides is 2. The lowest BCUT2D eigenvalue weighted by Gasteiger charge is -2.20. The van der Waals surface area contributed by atoms with Gasteiger partial charge in [-0.15, -0.1) is 0 Å². The van der Waals surface area contributed by atoms with Gasteiger partial charge in [-0.05, 0) is 59.0 Å². The Kier molecular flexibility index (Phi) is 7.46. The summed E-state index contributed by atoms with van der Waals surface area (Å²) in [6, 6.07) is 21.9. The Balaban J connectivity index is 1.38. The minimum absolute atomic E-state index is 0.0827. The van der Waals surface area contributed by atoms with Gasteiger partial charge in [-0.1, -0.05) is 30.3 Å². The number of hydrogen-bond donors (Lipinski definition) is 2. The van der Waals surface area contributed by atoms with Gasteiger partial charge in [0.15, 0.2) is 0 Å². The van der Waals surface area contributed by atoms with Crippen LogP contribution < -0.4 is 5.32 Å². The normalized spacial score (nSPS) is 14.8. The smallest absolute Gasteiger partial charge is 0.308 e. The number of esters is 1. The van der Waals surface area contributed by atoms with Gasteiger partial charge in [0.25, 0.3) is 5.91 Å². The molecule has 9 heteroatoms. The van der Waals surface area contributed by atoms with Crippen molar-refractivity contribution in [2.75, 3.05) is 26.5 Å². The molecular weight excluding hydrogens is 508 g/mol. The minimum Gasteiger partial charge on any atom is -0.508 e. The number of anilines is 1. The maximum Gasteiger partial charge on any atom is 0.308 e. The molecule has 2 N–H and O–H groups in total. The van der Waals surface area contributed by atoms with E-state index in [2.05, 4.69) is 28.1 Å². The fourth-order valence-electron chi connectivity index (χ4n) is 5.14. The van der Waals surface area contributed by atoms with Gasteiger partial charge in [-0.3, -0.25) is 14.4 Å². The number of phenolic OH excluding ortho intramolecular Hbond substituents is 1. The summed E-state index contributed by atoms with van der Waals surface area (Å²) in [7, 11) is 4.75. The van der Waals surface area contributed by atoms with Crippen LogP contribution in [0.5, 0.6) is 5.75 Å². The van der Waals surface area contributed by atoms with E-state index in [0.717, 1.165) is 27.7 Å². The number of para-hydroxylation sites is 1. The Morgan fingerprint density at radius 2 is 1.82 bits per heavy atom. The average molecular weight is 541 g/mol. The number of phenols is 1. The lowest BCUT2D eigenvalue weighted by Crippen LogP contribution is -2.39. The monoisotopic (exact) mass is 540 g/mol. The van der Waals surface area contributed by atoms with Crippen LogP contribution in [0.4, 0.5) is 5.69 Å². The molecule has 40 heavy (non-hydrogen) atoms. The number of nitrogens with one attached hydrogen (secondary N) is 1. The number of aromatic nitrogens is 1. The molecule has 2 amide bonds. The number of carbonyl (C=O) groups is 3. The number of carbonyl (C=O) groups excluding carboxylic acids is 3. The van der Waals surface area contributed by atoms with Crippen molar-refractivity contribution in [1.82, 2.24) is 14.4 Å². The highest BCUT2D eigenvalue weighted by Crippen LogP contribution is 2.27. The lowest BCUT2D eigenvalue weighted by molar-refractivity contribution is -0.143. The molecule has 2 heterocycles. The predicted molar refractivity (Wildman–Crippen MR) is 152 cm³/mol. The van der Waals surface area contributed by atoms with Crippen molar-refractivity contribution in [1.29, 1.82) is 0 Å². The Morgan fingerprint density at radius 1 is 1.07 bits per heavy atom. The highest BCUT2D eigenvalue weighted by molar-refractivity contribution is 5.96. The van der Waals surface area contributed by atoms with E-state index in [1.165, 1.54) is 7.11 Å². The van der Waals surface area contributed by atoms with Crippen LogP contribution in [0, 0.1) is 0 Å². The van der Waals surface area contributed by atoms with Crippen LogP contribution in [0.3, 0.4) is 0 Å². The van der Waals surface area contributed by atoms with E-state index in [1.807, 2.05) is 24.3 Å². The first kappa shape index (κ1) is 26.8. The van der Waals surface area contributed by atoms with Crippen molar-refractivity contribution in [2.24, 2.45) is 0 Å². The van der Waals surface area contributed by atoms with Gasteiger partial charge in [-0.2, -0.15) is 0 Å². The summed E-state index contributed by atoms with van der Waals surface area (Å²) in [5, 5.41) is 13.9. The second-order valence-corrected chi connectivity index (χ2v) is 10.2. The molecule has 0 radical (unpaired) electrons. The van der Waals surface area contributed by atoms with E-state index < -0.39 is 12.0 Å². The van der Waals surface area contributed by atoms with Gasteiger partial charge in [0.05, 0.1) is 20.1 Å². The number of hydrogen-bond acceptors (Lipinski definition) is 6. The molecule has 0 saturated heterocycles. The summed E-state index contributed by atoms with van der Waals surface area (Å²) in [5.41, 5.74) is 5.10. The number of rotatable bonds is 7. The first-order valence-electron chi connectivity index (χ1n) is 13.0. The SMILES string of the molecule is COC(=O)C[C@H]1Nc2ccc(C(=O)N(C)Cc3cc4ccccc4n3Cc3ccc(O)cc3)cc2CN(C)C1=O. The molecule has 0 saturated carbocycles. The number of fused-ring (bicyclic) bond motifs is 2. The van der Waals surface area contributed by atoms with E-state index >= 15 is 0 Å². The quantitative estimate of drug-likeness (QED) is 0.344. The molecule has 1 aliphatic heterocycles. The molecule has 206 valence electrons. The van der Waals surface area contributed by atoms with Crippen LogP contribution in [-0.2, 0) is 34.0 Å². The first-order valence-corrected chi connectivity index (χ1v) is 13.0. The zero-order chi connectivity index (χ0) is 28.4. The molecule has 0 spiro atoms. The molecule has 1 aromatic heterocycles. The Bertz CT molecular complexity index is 1580. The molecule has 3 aromatic carbocycles. The minimum atomic E-state index is -0.738. The number of likely N-dealkylation sites (N-methyl/N-ethyl adjacent to an activating group) is 1. The van der Waals surface area contributed by atoms with Crippen LogP contribution in [0.2, 0.25) is 0 Å². The van der Waals surface area contributed by atoms with Crippen LogP contribution in [0.1, 0.15) is 33.6 Å². The first-order chi connectivity index (χ1) is 19.2. The van der Waals surface area contributed by atoms with Gasteiger partial charge < -0.3 is 29.5 Å². The largest absolute Gasteiger partial charge is 0.508 e. The summed E-state index contributed by atoms with van der Waals surface area (Å²) < 4.78 is 6.93. The molecule has 0 unspecified atom stereocenters. The highest BCUT2D eigenvalue weighted by atomic mass is 16.5.